The summed E-state index contributed by atoms with van der Waals surface area (Å²) >= 11 is 0. The number of rotatable bonds is 8. The van der Waals surface area contributed by atoms with E-state index < -0.39 is 0 Å². The molecule has 33 heavy (non-hydrogen) atoms. The van der Waals surface area contributed by atoms with Gasteiger partial charge in [-0.3, -0.25) is 9.79 Å². The molecule has 1 fully saturated rings. The second-order valence-electron chi connectivity index (χ2n) is 7.77. The molecule has 9 heteroatoms. The van der Waals surface area contributed by atoms with Crippen molar-refractivity contribution in [2.24, 2.45) is 4.99 Å². The molecule has 1 saturated heterocycles. The fourth-order valence-corrected chi connectivity index (χ4v) is 3.76. The lowest BCUT2D eigenvalue weighted by molar-refractivity contribution is -0.114. The molecule has 1 heterocycles. The molecule has 1 amide bonds. The number of carbonyl (C=O) groups is 1. The Bertz CT molecular complexity index is 914. The zero-order valence-electron chi connectivity index (χ0n) is 19.7. The van der Waals surface area contributed by atoms with Crippen molar-refractivity contribution in [1.29, 1.82) is 0 Å². The first kappa shape index (κ1) is 26.6. The summed E-state index contributed by atoms with van der Waals surface area (Å²) in [5, 5.41) is 9.70. The van der Waals surface area contributed by atoms with Crippen LogP contribution >= 0.6 is 24.0 Å². The van der Waals surface area contributed by atoms with Crippen LogP contribution in [-0.2, 0) is 11.2 Å². The van der Waals surface area contributed by atoms with Gasteiger partial charge in [0.1, 0.15) is 11.5 Å². The summed E-state index contributed by atoms with van der Waals surface area (Å²) in [6, 6.07) is 14.2. The highest BCUT2D eigenvalue weighted by Crippen LogP contribution is 2.30. The lowest BCUT2D eigenvalue weighted by atomic mass is 10.1. The number of carbonyl (C=O) groups excluding carboxylic acids is 1. The summed E-state index contributed by atoms with van der Waals surface area (Å²) in [5.41, 5.74) is 3.10. The van der Waals surface area contributed by atoms with Crippen molar-refractivity contribution in [3.05, 3.63) is 48.0 Å². The number of ether oxygens (including phenoxy) is 2. The molecule has 2 aromatic rings. The average Bonchev–Trinajstić information content (AvgIpc) is 3.27. The van der Waals surface area contributed by atoms with Gasteiger partial charge in [0.05, 0.1) is 14.2 Å². The molecule has 0 aliphatic carbocycles. The van der Waals surface area contributed by atoms with Crippen molar-refractivity contribution in [3.8, 4) is 11.5 Å². The van der Waals surface area contributed by atoms with E-state index in [-0.39, 0.29) is 29.9 Å². The van der Waals surface area contributed by atoms with Crippen LogP contribution in [0.3, 0.4) is 0 Å². The first-order valence-electron chi connectivity index (χ1n) is 10.8. The molecule has 0 spiro atoms. The summed E-state index contributed by atoms with van der Waals surface area (Å²) < 4.78 is 10.8. The van der Waals surface area contributed by atoms with E-state index in [0.29, 0.717) is 6.04 Å². The van der Waals surface area contributed by atoms with Crippen LogP contribution in [-0.4, -0.2) is 58.8 Å². The molecular formula is C24H34IN5O3. The van der Waals surface area contributed by atoms with E-state index >= 15 is 0 Å². The van der Waals surface area contributed by atoms with Crippen molar-refractivity contribution in [2.45, 2.75) is 25.8 Å². The van der Waals surface area contributed by atoms with Crippen molar-refractivity contribution < 1.29 is 14.3 Å². The van der Waals surface area contributed by atoms with Gasteiger partial charge in [-0.1, -0.05) is 12.1 Å². The quantitative estimate of drug-likeness (QED) is 0.258. The Morgan fingerprint density at radius 2 is 1.79 bits per heavy atom. The molecule has 0 aromatic heterocycles. The van der Waals surface area contributed by atoms with Gasteiger partial charge in [0.25, 0.3) is 0 Å². The number of guanidine groups is 1. The lowest BCUT2D eigenvalue weighted by Crippen LogP contribution is -2.45. The predicted octanol–water partition coefficient (Wildman–Crippen LogP) is 3.27. The summed E-state index contributed by atoms with van der Waals surface area (Å²) in [7, 11) is 5.12. The molecule has 180 valence electrons. The Balaban J connectivity index is 0.00000385. The molecule has 1 atom stereocenters. The van der Waals surface area contributed by atoms with Crippen molar-refractivity contribution >= 4 is 47.2 Å². The van der Waals surface area contributed by atoms with Crippen molar-refractivity contribution in [1.82, 2.24) is 10.6 Å². The van der Waals surface area contributed by atoms with Crippen molar-refractivity contribution in [3.63, 3.8) is 0 Å². The van der Waals surface area contributed by atoms with Crippen LogP contribution in [0.2, 0.25) is 0 Å². The summed E-state index contributed by atoms with van der Waals surface area (Å²) in [6.07, 6.45) is 1.88. The minimum Gasteiger partial charge on any atom is -0.497 e. The molecule has 2 aromatic carbocycles. The molecule has 1 aliphatic rings. The van der Waals surface area contributed by atoms with Crippen LogP contribution in [0.5, 0.6) is 11.5 Å². The smallest absolute Gasteiger partial charge is 0.221 e. The van der Waals surface area contributed by atoms with Gasteiger partial charge >= 0.3 is 0 Å². The number of nitrogens with one attached hydrogen (secondary N) is 3. The SMILES string of the molecule is CN=C(NCCc1ccc(NC(C)=O)cc1)NC1CCN(c2cc(OC)cc(OC)c2)C1.I. The monoisotopic (exact) mass is 567 g/mol. The zero-order chi connectivity index (χ0) is 22.9. The van der Waals surface area contributed by atoms with Crippen LogP contribution in [0, 0.1) is 0 Å². The van der Waals surface area contributed by atoms with Gasteiger partial charge in [0, 0.05) is 69.2 Å². The molecule has 1 aliphatic heterocycles. The molecule has 8 nitrogen and oxygen atoms in total. The van der Waals surface area contributed by atoms with Gasteiger partial charge in [-0.05, 0) is 30.5 Å². The molecule has 1 unspecified atom stereocenters. The summed E-state index contributed by atoms with van der Waals surface area (Å²) in [5.74, 6) is 2.32. The lowest BCUT2D eigenvalue weighted by Gasteiger charge is -2.21. The van der Waals surface area contributed by atoms with Gasteiger partial charge < -0.3 is 30.3 Å². The van der Waals surface area contributed by atoms with Gasteiger partial charge in [-0.2, -0.15) is 0 Å². The van der Waals surface area contributed by atoms with Crippen LogP contribution < -0.4 is 30.3 Å². The van der Waals surface area contributed by atoms with E-state index in [2.05, 4.69) is 25.8 Å². The number of benzene rings is 2. The van der Waals surface area contributed by atoms with Crippen LogP contribution in [0.4, 0.5) is 11.4 Å². The van der Waals surface area contributed by atoms with E-state index in [1.165, 1.54) is 12.5 Å². The molecule has 3 rings (SSSR count). The Morgan fingerprint density at radius 1 is 1.12 bits per heavy atom. The highest BCUT2D eigenvalue weighted by molar-refractivity contribution is 14.0. The van der Waals surface area contributed by atoms with Crippen LogP contribution in [0.25, 0.3) is 0 Å². The summed E-state index contributed by atoms with van der Waals surface area (Å²) in [4.78, 5) is 17.8. The fourth-order valence-electron chi connectivity index (χ4n) is 3.76. The first-order valence-corrected chi connectivity index (χ1v) is 10.8. The summed E-state index contributed by atoms with van der Waals surface area (Å²) in [6.45, 7) is 4.10. The highest BCUT2D eigenvalue weighted by atomic mass is 127. The highest BCUT2D eigenvalue weighted by Gasteiger charge is 2.24. The van der Waals surface area contributed by atoms with Gasteiger partial charge in [-0.25, -0.2) is 0 Å². The van der Waals surface area contributed by atoms with Gasteiger partial charge in [-0.15, -0.1) is 24.0 Å². The first-order chi connectivity index (χ1) is 15.5. The fraction of sp³-hybridized carbons (Fsp3) is 0.417. The van der Waals surface area contributed by atoms with Gasteiger partial charge in [0.2, 0.25) is 5.91 Å². The molecular weight excluding hydrogens is 533 g/mol. The predicted molar refractivity (Wildman–Crippen MR) is 145 cm³/mol. The average molecular weight is 567 g/mol. The molecule has 3 N–H and O–H groups in total. The van der Waals surface area contributed by atoms with Crippen LogP contribution in [0.15, 0.2) is 47.5 Å². The van der Waals surface area contributed by atoms with Gasteiger partial charge in [0.15, 0.2) is 5.96 Å². The number of amides is 1. The van der Waals surface area contributed by atoms with E-state index in [1.807, 2.05) is 42.5 Å². The molecule has 0 saturated carbocycles. The third-order valence-corrected chi connectivity index (χ3v) is 5.43. The second-order valence-corrected chi connectivity index (χ2v) is 7.77. The van der Waals surface area contributed by atoms with Crippen molar-refractivity contribution in [2.75, 3.05) is 51.1 Å². The number of halogens is 1. The zero-order valence-corrected chi connectivity index (χ0v) is 22.0. The minimum absolute atomic E-state index is 0. The number of anilines is 2. The normalized spacial score (nSPS) is 15.5. The second kappa shape index (κ2) is 13.1. The number of nitrogens with zero attached hydrogens (tertiary/aromatic N) is 2. The maximum absolute atomic E-state index is 11.1. The maximum Gasteiger partial charge on any atom is 0.221 e. The third kappa shape index (κ3) is 7.99. The van der Waals surface area contributed by atoms with E-state index in [1.54, 1.807) is 21.3 Å². The minimum atomic E-state index is -0.0645. The molecule has 0 radical (unpaired) electrons. The number of hydrogen-bond acceptors (Lipinski definition) is 5. The number of methoxy groups -OCH3 is 2. The Kier molecular flexibility index (Phi) is 10.6. The Labute approximate surface area is 213 Å². The van der Waals surface area contributed by atoms with E-state index in [0.717, 1.165) is 61.3 Å². The maximum atomic E-state index is 11.1. The third-order valence-electron chi connectivity index (χ3n) is 5.43. The Morgan fingerprint density at radius 3 is 2.36 bits per heavy atom. The topological polar surface area (TPSA) is 87.2 Å². The van der Waals surface area contributed by atoms with Crippen LogP contribution in [0.1, 0.15) is 18.9 Å². The molecule has 0 bridgehead atoms. The number of aliphatic imine (C=N–C) groups is 1. The van der Waals surface area contributed by atoms with E-state index in [9.17, 15) is 4.79 Å². The number of hydrogen-bond donors (Lipinski definition) is 3. The largest absolute Gasteiger partial charge is 0.497 e. The van der Waals surface area contributed by atoms with E-state index in [4.69, 9.17) is 9.47 Å². The standard InChI is InChI=1S/C24H33N5O3.HI/c1-17(30)27-19-7-5-18(6-8-19)9-11-26-24(25-2)28-20-10-12-29(16-20)21-13-22(31-3)15-23(14-21)32-4;/h5-8,13-15,20H,9-12,16H2,1-4H3,(H,27,30)(H2,25,26,28);1H. The Hall–Kier alpha value is -2.69.